The van der Waals surface area contributed by atoms with Crippen LogP contribution in [0.2, 0.25) is 26.2 Å². The molecule has 0 fully saturated rings. The minimum absolute atomic E-state index is 0.0157. The molecule has 1 radical (unpaired) electrons. The van der Waals surface area contributed by atoms with Gasteiger partial charge in [-0.3, -0.25) is 0 Å². The average molecular weight is 935 g/mol. The Balaban J connectivity index is 0.00000181. The van der Waals surface area contributed by atoms with Crippen LogP contribution in [0, 0.1) is 10.8 Å². The number of rotatable bonds is 16. The van der Waals surface area contributed by atoms with Crippen molar-refractivity contribution in [3.8, 4) is 0 Å². The molecule has 4 aliphatic rings. The molecule has 2 atom stereocenters. The van der Waals surface area contributed by atoms with Gasteiger partial charge >= 0.3 is 37.9 Å². The van der Waals surface area contributed by atoms with E-state index in [0.717, 1.165) is 0 Å². The molecule has 293 valence electrons. The summed E-state index contributed by atoms with van der Waals surface area (Å²) >= 11 is -0.826. The normalized spacial score (nSPS) is 22.0. The first-order valence-electron chi connectivity index (χ1n) is 20.4. The topological polar surface area (TPSA) is 36.9 Å². The predicted octanol–water partition coefficient (Wildman–Crippen LogP) is 7.54. The Morgan fingerprint density at radius 2 is 0.889 bits per heavy atom. The molecule has 2 aromatic rings. The van der Waals surface area contributed by atoms with Gasteiger partial charge in [-0.05, 0) is 84.8 Å². The van der Waals surface area contributed by atoms with Gasteiger partial charge in [-0.2, -0.15) is 0 Å². The second kappa shape index (κ2) is 21.2. The fraction of sp³-hybridized carbons (Fsp3) is 0.524. The van der Waals surface area contributed by atoms with E-state index in [1.807, 2.05) is 0 Å². The van der Waals surface area contributed by atoms with Crippen molar-refractivity contribution < 1.29 is 38.6 Å². The molecule has 4 aliphatic carbocycles. The van der Waals surface area contributed by atoms with E-state index >= 15 is 0 Å². The molecule has 2 aromatic carbocycles. The molecule has 0 aromatic heterocycles. The zero-order valence-electron chi connectivity index (χ0n) is 34.0. The third kappa shape index (κ3) is 10.3. The van der Waals surface area contributed by atoms with Gasteiger partial charge < -0.3 is 17.7 Å². The fourth-order valence-electron chi connectivity index (χ4n) is 9.26. The third-order valence-electron chi connectivity index (χ3n) is 11.9. The van der Waals surface area contributed by atoms with Gasteiger partial charge in [0.1, 0.15) is 22.1 Å². The zero-order valence-corrected chi connectivity index (χ0v) is 44.8. The molecule has 0 heterocycles. The second-order valence-electron chi connectivity index (χ2n) is 16.1. The van der Waals surface area contributed by atoms with E-state index in [1.165, 1.54) is 84.0 Å². The van der Waals surface area contributed by atoms with Gasteiger partial charge in [-0.1, -0.05) is 136 Å². The van der Waals surface area contributed by atoms with Gasteiger partial charge in [-0.15, -0.1) is 0 Å². The summed E-state index contributed by atoms with van der Waals surface area (Å²) in [7, 11) is 7.56. The average Bonchev–Trinajstić information content (AvgIpc) is 3.76. The number of hydrogen-bond acceptors (Lipinski definition) is 4. The van der Waals surface area contributed by atoms with E-state index in [-0.39, 0.29) is 32.9 Å². The molecule has 6 rings (SSSR count). The Morgan fingerprint density at radius 1 is 0.574 bits per heavy atom. The molecule has 0 bridgehead atoms. The van der Waals surface area contributed by atoms with Crippen LogP contribution in [0.4, 0.5) is 0 Å². The zero-order chi connectivity index (χ0) is 38.9. The first kappa shape index (κ1) is 44.9. The van der Waals surface area contributed by atoms with Crippen molar-refractivity contribution in [1.82, 2.24) is 0 Å². The molecule has 54 heavy (non-hydrogen) atoms. The van der Waals surface area contributed by atoms with Crippen LogP contribution in [0.5, 0.6) is 0 Å². The van der Waals surface area contributed by atoms with Crippen LogP contribution in [0.25, 0.3) is 0 Å². The van der Waals surface area contributed by atoms with Crippen molar-refractivity contribution in [3.63, 3.8) is 0 Å². The molecule has 0 saturated carbocycles. The Hall–Kier alpha value is -0.212. The van der Waals surface area contributed by atoms with Crippen LogP contribution in [0.1, 0.15) is 102 Å². The molecule has 0 N–H and O–H groups in total. The van der Waals surface area contributed by atoms with Crippen LogP contribution in [-0.4, -0.2) is 61.2 Å². The summed E-state index contributed by atoms with van der Waals surface area (Å²) < 4.78 is 25.5. The molecule has 2 unspecified atom stereocenters. The number of halogens is 2. The van der Waals surface area contributed by atoms with Crippen LogP contribution in [0.3, 0.4) is 0 Å². The summed E-state index contributed by atoms with van der Waals surface area (Å²) in [6.45, 7) is 18.3. The van der Waals surface area contributed by atoms with Crippen molar-refractivity contribution in [1.29, 1.82) is 0 Å². The van der Waals surface area contributed by atoms with Gasteiger partial charge in [0.2, 0.25) is 0 Å². The SMILES string of the molecule is C[SiH2]OC(O[SiH2]C)C(C)(C)C1=CC2=C(CCCC2)C1c1ccc([SiH]c2ccc(C3C(C(C)(C)C(O[SiH2]C)O[SiH2]C)=CC4=C3CCCC4)cc2)cc1.[Cl][Zr][Cl]. The van der Waals surface area contributed by atoms with Gasteiger partial charge in [0.15, 0.2) is 39.1 Å². The van der Waals surface area contributed by atoms with Crippen molar-refractivity contribution in [2.45, 2.75) is 130 Å². The first-order valence-corrected chi connectivity index (χ1v) is 35.9. The van der Waals surface area contributed by atoms with Crippen LogP contribution in [0.15, 0.2) is 94.1 Å². The quantitative estimate of drug-likeness (QED) is 0.129. The number of hydrogen-bond donors (Lipinski definition) is 0. The third-order valence-corrected chi connectivity index (χ3v) is 15.9. The number of allylic oxidation sites excluding steroid dienone is 6. The van der Waals surface area contributed by atoms with Crippen LogP contribution >= 0.6 is 17.0 Å². The fourth-order valence-corrected chi connectivity index (χ4v) is 14.1. The van der Waals surface area contributed by atoms with Crippen molar-refractivity contribution in [2.75, 3.05) is 0 Å². The molecule has 12 heteroatoms. The van der Waals surface area contributed by atoms with E-state index in [9.17, 15) is 0 Å². The van der Waals surface area contributed by atoms with Crippen LogP contribution < -0.4 is 10.4 Å². The Labute approximate surface area is 357 Å². The minimum atomic E-state index is -0.826. The maximum absolute atomic E-state index is 6.38. The summed E-state index contributed by atoms with van der Waals surface area (Å²) in [6, 6.07) is 19.4. The van der Waals surface area contributed by atoms with E-state index in [4.69, 9.17) is 34.7 Å². The monoisotopic (exact) mass is 931 g/mol. The Kier molecular flexibility index (Phi) is 17.6. The number of benzene rings is 2. The molecule has 0 aliphatic heterocycles. The summed E-state index contributed by atoms with van der Waals surface area (Å²) in [6.07, 6.45) is 14.9. The molecular formula is C42H63Cl2O4Si5Zr. The predicted molar refractivity (Wildman–Crippen MR) is 241 cm³/mol. The second-order valence-corrected chi connectivity index (χ2v) is 25.1. The molecule has 4 nitrogen and oxygen atoms in total. The van der Waals surface area contributed by atoms with E-state index < -0.39 is 59.9 Å². The molecule has 0 spiro atoms. The van der Waals surface area contributed by atoms with E-state index in [1.54, 1.807) is 22.3 Å². The Bertz CT molecular complexity index is 1540. The van der Waals surface area contributed by atoms with E-state index in [0.29, 0.717) is 11.8 Å². The van der Waals surface area contributed by atoms with Gasteiger partial charge in [0, 0.05) is 22.7 Å². The van der Waals surface area contributed by atoms with Gasteiger partial charge in [0.25, 0.3) is 0 Å². The van der Waals surface area contributed by atoms with Crippen molar-refractivity contribution in [3.05, 3.63) is 105 Å². The van der Waals surface area contributed by atoms with Crippen LogP contribution in [-0.2, 0) is 38.6 Å². The molecule has 0 saturated heterocycles. The van der Waals surface area contributed by atoms with Crippen molar-refractivity contribution in [2.24, 2.45) is 10.8 Å². The van der Waals surface area contributed by atoms with E-state index in [2.05, 4.69) is 115 Å². The molecular weight excluding hydrogens is 871 g/mol. The van der Waals surface area contributed by atoms with Gasteiger partial charge in [-0.25, -0.2) is 0 Å². The summed E-state index contributed by atoms with van der Waals surface area (Å²) in [5, 5.41) is 2.91. The molecule has 0 amide bonds. The maximum atomic E-state index is 6.38. The van der Waals surface area contributed by atoms with Crippen molar-refractivity contribution >= 4 is 76.0 Å². The summed E-state index contributed by atoms with van der Waals surface area (Å²) in [4.78, 5) is 0. The first-order chi connectivity index (χ1) is 26.0. The standard InChI is InChI=1S/C42H63O4Si5.2ClH.Zr/c1-41(2,39(43-47-5)44-48-6)35-25-29-13-9-11-15-33(29)37(35)27-17-21-31(22-18-27)51-32-23-19-28(20-24-32)38-34-16-12-10-14-30(34)26-36(38)42(3,4)40(45-49-7)46-50-8;;;/h17-26,37-40,51H,9-16,47-50H2,1-8H3;2*1H;/q;;;+2/p-2. The summed E-state index contributed by atoms with van der Waals surface area (Å²) in [5.41, 5.74) is 12.0. The van der Waals surface area contributed by atoms with Gasteiger partial charge in [0.05, 0.1) is 0 Å². The summed E-state index contributed by atoms with van der Waals surface area (Å²) in [5.74, 6) is 0.689. The Morgan fingerprint density at radius 3 is 1.20 bits per heavy atom.